The van der Waals surface area contributed by atoms with Crippen LogP contribution < -0.4 is 5.56 Å². The minimum absolute atomic E-state index is 0.112. The van der Waals surface area contributed by atoms with Crippen molar-refractivity contribution < 1.29 is 0 Å². The molecule has 0 fully saturated rings. The average Bonchev–Trinajstić information content (AvgIpc) is 2.68. The van der Waals surface area contributed by atoms with Crippen molar-refractivity contribution >= 4 is 26.9 Å². The third-order valence-corrected chi connectivity index (χ3v) is 3.63. The summed E-state index contributed by atoms with van der Waals surface area (Å²) in [6, 6.07) is 0. The molecule has 0 aliphatic carbocycles. The van der Waals surface area contributed by atoms with Gasteiger partial charge in [-0.3, -0.25) is 4.79 Å². The zero-order valence-corrected chi connectivity index (χ0v) is 9.18. The van der Waals surface area contributed by atoms with Gasteiger partial charge in [-0.05, 0) is 13.8 Å². The van der Waals surface area contributed by atoms with Crippen LogP contribution in [0.25, 0.3) is 15.6 Å². The molecule has 5 heteroatoms. The summed E-state index contributed by atoms with van der Waals surface area (Å²) in [5.74, 6) is 0. The standard InChI is InChI=1S/C10H9N3OS/c1-5-4-13-6(2)8-7(10(13)15-5)3-11-12-9(8)14/h3-4H,1-2H3,(H,12,14). The summed E-state index contributed by atoms with van der Waals surface area (Å²) in [7, 11) is 0. The molecular weight excluding hydrogens is 210 g/mol. The maximum absolute atomic E-state index is 11.6. The van der Waals surface area contributed by atoms with Gasteiger partial charge in [-0.15, -0.1) is 11.3 Å². The summed E-state index contributed by atoms with van der Waals surface area (Å²) in [6.07, 6.45) is 3.77. The Labute approximate surface area is 89.2 Å². The molecule has 15 heavy (non-hydrogen) atoms. The summed E-state index contributed by atoms with van der Waals surface area (Å²) < 4.78 is 2.06. The molecule has 3 rings (SSSR count). The molecule has 3 aromatic heterocycles. The van der Waals surface area contributed by atoms with Crippen LogP contribution in [0, 0.1) is 13.8 Å². The Morgan fingerprint density at radius 2 is 2.27 bits per heavy atom. The van der Waals surface area contributed by atoms with E-state index in [1.165, 1.54) is 4.88 Å². The van der Waals surface area contributed by atoms with Crippen LogP contribution in [0.4, 0.5) is 0 Å². The quantitative estimate of drug-likeness (QED) is 0.627. The highest BCUT2D eigenvalue weighted by Crippen LogP contribution is 2.28. The highest BCUT2D eigenvalue weighted by molar-refractivity contribution is 7.18. The van der Waals surface area contributed by atoms with Crippen LogP contribution in [-0.4, -0.2) is 14.6 Å². The van der Waals surface area contributed by atoms with Crippen LogP contribution in [0.5, 0.6) is 0 Å². The van der Waals surface area contributed by atoms with Gasteiger partial charge in [0.25, 0.3) is 5.56 Å². The van der Waals surface area contributed by atoms with Gasteiger partial charge >= 0.3 is 0 Å². The smallest absolute Gasteiger partial charge is 0.273 e. The third-order valence-electron chi connectivity index (χ3n) is 2.60. The Kier molecular flexibility index (Phi) is 1.56. The molecule has 0 spiro atoms. The zero-order valence-electron chi connectivity index (χ0n) is 8.37. The first-order chi connectivity index (χ1) is 7.18. The molecular formula is C10H9N3OS. The molecule has 4 nitrogen and oxygen atoms in total. The minimum atomic E-state index is -0.112. The first kappa shape index (κ1) is 8.67. The highest BCUT2D eigenvalue weighted by Gasteiger charge is 2.13. The third kappa shape index (κ3) is 1.01. The molecule has 0 unspecified atom stereocenters. The van der Waals surface area contributed by atoms with Gasteiger partial charge in [-0.2, -0.15) is 5.10 Å². The molecule has 0 aromatic carbocycles. The lowest BCUT2D eigenvalue weighted by Gasteiger charge is -1.89. The van der Waals surface area contributed by atoms with Crippen LogP contribution in [0.3, 0.4) is 0 Å². The molecule has 3 heterocycles. The number of nitrogens with zero attached hydrogens (tertiary/aromatic N) is 2. The molecule has 0 saturated carbocycles. The fraction of sp³-hybridized carbons (Fsp3) is 0.200. The predicted molar refractivity (Wildman–Crippen MR) is 60.7 cm³/mol. The van der Waals surface area contributed by atoms with Gasteiger partial charge in [0.2, 0.25) is 0 Å². The molecule has 0 radical (unpaired) electrons. The van der Waals surface area contributed by atoms with Gasteiger partial charge in [-0.25, -0.2) is 5.10 Å². The van der Waals surface area contributed by atoms with Crippen molar-refractivity contribution in [2.75, 3.05) is 0 Å². The highest BCUT2D eigenvalue weighted by atomic mass is 32.1. The van der Waals surface area contributed by atoms with Crippen LogP contribution in [0.2, 0.25) is 0 Å². The fourth-order valence-electron chi connectivity index (χ4n) is 1.94. The number of H-pyrrole nitrogens is 1. The van der Waals surface area contributed by atoms with E-state index in [2.05, 4.69) is 27.7 Å². The van der Waals surface area contributed by atoms with Gasteiger partial charge in [0.15, 0.2) is 0 Å². The summed E-state index contributed by atoms with van der Waals surface area (Å²) in [5, 5.41) is 7.99. The Balaban J connectivity index is 2.71. The van der Waals surface area contributed by atoms with Crippen molar-refractivity contribution in [3.8, 4) is 0 Å². The van der Waals surface area contributed by atoms with Crippen LogP contribution >= 0.6 is 11.3 Å². The number of aromatic nitrogens is 3. The Morgan fingerprint density at radius 1 is 1.47 bits per heavy atom. The maximum Gasteiger partial charge on any atom is 0.273 e. The Morgan fingerprint density at radius 3 is 3.07 bits per heavy atom. The number of rotatable bonds is 0. The largest absolute Gasteiger partial charge is 0.310 e. The summed E-state index contributed by atoms with van der Waals surface area (Å²) in [5.41, 5.74) is 0.867. The Bertz CT molecular complexity index is 719. The first-order valence-corrected chi connectivity index (χ1v) is 5.44. The number of hydrogen-bond donors (Lipinski definition) is 1. The number of nitrogens with one attached hydrogen (secondary N) is 1. The van der Waals surface area contributed by atoms with E-state index < -0.39 is 0 Å². The topological polar surface area (TPSA) is 50.2 Å². The van der Waals surface area contributed by atoms with E-state index >= 15 is 0 Å². The van der Waals surface area contributed by atoms with Crippen molar-refractivity contribution in [1.29, 1.82) is 0 Å². The Hall–Kier alpha value is -1.62. The van der Waals surface area contributed by atoms with Crippen molar-refractivity contribution in [1.82, 2.24) is 14.6 Å². The number of aryl methyl sites for hydroxylation is 2. The monoisotopic (exact) mass is 219 g/mol. The molecule has 1 N–H and O–H groups in total. The van der Waals surface area contributed by atoms with Crippen LogP contribution in [0.15, 0.2) is 17.2 Å². The maximum atomic E-state index is 11.6. The van der Waals surface area contributed by atoms with E-state index in [1.807, 2.05) is 6.92 Å². The lowest BCUT2D eigenvalue weighted by molar-refractivity contribution is 1.01. The molecule has 0 amide bonds. The fourth-order valence-corrected chi connectivity index (χ4v) is 2.96. The molecule has 0 aliphatic rings. The van der Waals surface area contributed by atoms with E-state index in [9.17, 15) is 4.79 Å². The minimum Gasteiger partial charge on any atom is -0.310 e. The van der Waals surface area contributed by atoms with E-state index in [1.54, 1.807) is 17.5 Å². The first-order valence-electron chi connectivity index (χ1n) is 4.63. The second kappa shape index (κ2) is 2.70. The second-order valence-electron chi connectivity index (χ2n) is 3.59. The van der Waals surface area contributed by atoms with Crippen molar-refractivity contribution in [3.05, 3.63) is 33.3 Å². The van der Waals surface area contributed by atoms with Gasteiger partial charge < -0.3 is 4.40 Å². The van der Waals surface area contributed by atoms with Gasteiger partial charge in [0, 0.05) is 22.2 Å². The van der Waals surface area contributed by atoms with E-state index in [4.69, 9.17) is 0 Å². The molecule has 0 atom stereocenters. The number of fused-ring (bicyclic) bond motifs is 3. The molecule has 0 saturated heterocycles. The molecule has 0 aliphatic heterocycles. The van der Waals surface area contributed by atoms with Gasteiger partial charge in [-0.1, -0.05) is 0 Å². The number of hydrogen-bond acceptors (Lipinski definition) is 3. The van der Waals surface area contributed by atoms with Crippen molar-refractivity contribution in [3.63, 3.8) is 0 Å². The van der Waals surface area contributed by atoms with Crippen LogP contribution in [0.1, 0.15) is 10.6 Å². The zero-order chi connectivity index (χ0) is 10.6. The van der Waals surface area contributed by atoms with E-state index in [0.717, 1.165) is 21.3 Å². The summed E-state index contributed by atoms with van der Waals surface area (Å²) in [4.78, 5) is 14.0. The van der Waals surface area contributed by atoms with E-state index in [0.29, 0.717) is 0 Å². The SMILES string of the molecule is Cc1cn2c(C)c3c(=O)[nH]ncc3c2s1. The molecule has 76 valence electrons. The summed E-state index contributed by atoms with van der Waals surface area (Å²) >= 11 is 1.68. The van der Waals surface area contributed by atoms with Crippen LogP contribution in [-0.2, 0) is 0 Å². The normalized spacial score (nSPS) is 11.6. The lowest BCUT2D eigenvalue weighted by Crippen LogP contribution is -2.07. The molecule has 0 bridgehead atoms. The van der Waals surface area contributed by atoms with Gasteiger partial charge in [0.05, 0.1) is 11.6 Å². The average molecular weight is 219 g/mol. The predicted octanol–water partition coefficient (Wildman–Crippen LogP) is 1.85. The van der Waals surface area contributed by atoms with Gasteiger partial charge in [0.1, 0.15) is 4.83 Å². The van der Waals surface area contributed by atoms with E-state index in [-0.39, 0.29) is 5.56 Å². The summed E-state index contributed by atoms with van der Waals surface area (Å²) in [6.45, 7) is 4.01. The molecule has 3 aromatic rings. The van der Waals surface area contributed by atoms with Crippen molar-refractivity contribution in [2.24, 2.45) is 0 Å². The second-order valence-corrected chi connectivity index (χ2v) is 4.82. The van der Waals surface area contributed by atoms with Crippen molar-refractivity contribution in [2.45, 2.75) is 13.8 Å². The lowest BCUT2D eigenvalue weighted by atomic mass is 10.3. The number of aromatic amines is 1. The number of thiazole rings is 1.